The van der Waals surface area contributed by atoms with Crippen LogP contribution in [0.25, 0.3) is 0 Å². The van der Waals surface area contributed by atoms with E-state index in [1.54, 1.807) is 18.2 Å². The average Bonchev–Trinajstić information content (AvgIpc) is 2.36. The van der Waals surface area contributed by atoms with Crippen LogP contribution in [-0.2, 0) is 10.1 Å². The lowest BCUT2D eigenvalue weighted by Crippen LogP contribution is -1.97. The molecule has 0 fully saturated rings. The lowest BCUT2D eigenvalue weighted by molar-refractivity contribution is 0.483. The molecule has 0 bridgehead atoms. The lowest BCUT2D eigenvalue weighted by Gasteiger charge is -2.00. The zero-order chi connectivity index (χ0) is 14.8. The molecule has 0 amide bonds. The number of hydrogen-bond acceptors (Lipinski definition) is 5. The van der Waals surface area contributed by atoms with Crippen molar-refractivity contribution in [3.05, 3.63) is 48.0 Å². The number of rotatable bonds is 3. The highest BCUT2D eigenvalue weighted by Crippen LogP contribution is 2.25. The van der Waals surface area contributed by atoms with Gasteiger partial charge in [0.1, 0.15) is 0 Å². The third-order valence-corrected chi connectivity index (χ3v) is 3.58. The van der Waals surface area contributed by atoms with E-state index in [1.807, 2.05) is 19.1 Å². The predicted molar refractivity (Wildman–Crippen MR) is 78.9 cm³/mol. The summed E-state index contributed by atoms with van der Waals surface area (Å²) >= 11 is 4.07. The molecule has 1 N–H and O–H groups in total. The topological polar surface area (TPSA) is 79.1 Å². The minimum Gasteiger partial charge on any atom is -0.282 e. The number of benzene rings is 2. The normalized spacial score (nSPS) is 11.9. The van der Waals surface area contributed by atoms with Crippen LogP contribution >= 0.6 is 12.6 Å². The van der Waals surface area contributed by atoms with Crippen molar-refractivity contribution < 1.29 is 13.0 Å². The second-order valence-electron chi connectivity index (χ2n) is 4.20. The summed E-state index contributed by atoms with van der Waals surface area (Å²) in [4.78, 5) is 0.112. The van der Waals surface area contributed by atoms with Gasteiger partial charge < -0.3 is 0 Å². The van der Waals surface area contributed by atoms with Gasteiger partial charge in [-0.25, -0.2) is 0 Å². The van der Waals surface area contributed by atoms with Crippen LogP contribution in [0.2, 0.25) is 0 Å². The smallest absolute Gasteiger partial charge is 0.282 e. The fourth-order valence-corrected chi connectivity index (χ4v) is 2.41. The highest BCUT2D eigenvalue weighted by molar-refractivity contribution is 7.86. The Labute approximate surface area is 122 Å². The minimum atomic E-state index is -4.29. The molecule has 0 radical (unpaired) electrons. The molecule has 20 heavy (non-hydrogen) atoms. The van der Waals surface area contributed by atoms with Gasteiger partial charge >= 0.3 is 0 Å². The van der Waals surface area contributed by atoms with Crippen LogP contribution in [0.1, 0.15) is 5.56 Å². The van der Waals surface area contributed by atoms with Gasteiger partial charge in [0.15, 0.2) is 0 Å². The molecule has 0 aromatic heterocycles. The first-order valence-electron chi connectivity index (χ1n) is 5.64. The first kappa shape index (κ1) is 14.7. The van der Waals surface area contributed by atoms with E-state index in [-0.39, 0.29) is 4.90 Å². The van der Waals surface area contributed by atoms with Crippen molar-refractivity contribution in [3.8, 4) is 0 Å². The Morgan fingerprint density at radius 2 is 1.60 bits per heavy atom. The van der Waals surface area contributed by atoms with Crippen LogP contribution in [0.5, 0.6) is 0 Å². The molecular weight excluding hydrogens is 296 g/mol. The van der Waals surface area contributed by atoms with E-state index in [0.29, 0.717) is 16.3 Å². The Kier molecular flexibility index (Phi) is 4.22. The zero-order valence-corrected chi connectivity index (χ0v) is 12.3. The summed E-state index contributed by atoms with van der Waals surface area (Å²) in [5.41, 5.74) is 2.05. The maximum absolute atomic E-state index is 11.1. The van der Waals surface area contributed by atoms with Gasteiger partial charge in [-0.05, 0) is 37.3 Å². The minimum absolute atomic E-state index is 0.261. The summed E-state index contributed by atoms with van der Waals surface area (Å²) in [6.07, 6.45) is 0. The molecule has 0 saturated carbocycles. The Morgan fingerprint density at radius 1 is 1.00 bits per heavy atom. The molecule has 2 aromatic carbocycles. The quantitative estimate of drug-likeness (QED) is 0.512. The van der Waals surface area contributed by atoms with Gasteiger partial charge in [-0.15, -0.1) is 12.6 Å². The largest absolute Gasteiger partial charge is 0.294 e. The average molecular weight is 308 g/mol. The molecule has 104 valence electrons. The molecule has 0 atom stereocenters. The lowest BCUT2D eigenvalue weighted by atomic mass is 10.2. The Balaban J connectivity index is 2.34. The van der Waals surface area contributed by atoms with Crippen molar-refractivity contribution in [1.82, 2.24) is 0 Å². The van der Waals surface area contributed by atoms with Crippen LogP contribution < -0.4 is 0 Å². The fraction of sp³-hybridized carbons (Fsp3) is 0.0769. The summed E-state index contributed by atoms with van der Waals surface area (Å²) in [5.74, 6) is 0. The van der Waals surface area contributed by atoms with Gasteiger partial charge in [-0.2, -0.15) is 18.6 Å². The molecule has 7 heteroatoms. The predicted octanol–water partition coefficient (Wildman–Crippen LogP) is 3.95. The van der Waals surface area contributed by atoms with E-state index in [0.717, 1.165) is 5.56 Å². The summed E-state index contributed by atoms with van der Waals surface area (Å²) in [5, 5.41) is 7.94. The van der Waals surface area contributed by atoms with Crippen LogP contribution in [0.4, 0.5) is 11.4 Å². The molecule has 0 unspecified atom stereocenters. The van der Waals surface area contributed by atoms with Crippen molar-refractivity contribution in [2.45, 2.75) is 16.7 Å². The molecule has 2 aromatic rings. The fourth-order valence-electron chi connectivity index (χ4n) is 1.50. The first-order chi connectivity index (χ1) is 9.34. The van der Waals surface area contributed by atoms with Crippen molar-refractivity contribution in [2.24, 2.45) is 10.2 Å². The Bertz CT molecular complexity index is 754. The van der Waals surface area contributed by atoms with Crippen molar-refractivity contribution in [3.63, 3.8) is 0 Å². The summed E-state index contributed by atoms with van der Waals surface area (Å²) in [6.45, 7) is 1.96. The standard InChI is InChI=1S/C13H12N2O3S2/c1-9-2-4-10(5-3-9)14-15-11-6-12(19)8-13(7-11)20(16,17)18/h2-8,19H,1H3,(H,16,17,18). The van der Waals surface area contributed by atoms with Crippen molar-refractivity contribution in [1.29, 1.82) is 0 Å². The SMILES string of the molecule is Cc1ccc(N=Nc2cc(S)cc(S(=O)(=O)O)c2)cc1. The summed E-state index contributed by atoms with van der Waals surface area (Å²) in [6, 6.07) is 11.4. The second-order valence-corrected chi connectivity index (χ2v) is 6.13. The monoisotopic (exact) mass is 308 g/mol. The third-order valence-electron chi connectivity index (χ3n) is 2.49. The van der Waals surface area contributed by atoms with Gasteiger partial charge in [0.2, 0.25) is 0 Å². The van der Waals surface area contributed by atoms with Crippen molar-refractivity contribution in [2.75, 3.05) is 0 Å². The summed E-state index contributed by atoms with van der Waals surface area (Å²) in [7, 11) is -4.29. The van der Waals surface area contributed by atoms with Crippen LogP contribution in [0.15, 0.2) is 62.5 Å². The van der Waals surface area contributed by atoms with E-state index >= 15 is 0 Å². The molecule has 0 heterocycles. The molecule has 0 spiro atoms. The maximum Gasteiger partial charge on any atom is 0.294 e. The third kappa shape index (κ3) is 3.89. The van der Waals surface area contributed by atoms with E-state index in [9.17, 15) is 8.42 Å². The molecule has 2 rings (SSSR count). The van der Waals surface area contributed by atoms with E-state index in [2.05, 4.69) is 22.9 Å². The van der Waals surface area contributed by atoms with Crippen LogP contribution in [0, 0.1) is 6.92 Å². The second kappa shape index (κ2) is 5.74. The maximum atomic E-state index is 11.1. The number of hydrogen-bond donors (Lipinski definition) is 2. The molecule has 0 saturated heterocycles. The zero-order valence-electron chi connectivity index (χ0n) is 10.6. The van der Waals surface area contributed by atoms with E-state index < -0.39 is 10.1 Å². The highest BCUT2D eigenvalue weighted by atomic mass is 32.2. The molecule has 5 nitrogen and oxygen atoms in total. The van der Waals surface area contributed by atoms with E-state index in [4.69, 9.17) is 4.55 Å². The Hall–Kier alpha value is -1.70. The van der Waals surface area contributed by atoms with E-state index in [1.165, 1.54) is 12.1 Å². The summed E-state index contributed by atoms with van der Waals surface area (Å²) < 4.78 is 31.2. The number of thiol groups is 1. The number of aryl methyl sites for hydroxylation is 1. The molecular formula is C13H12N2O3S2. The van der Waals surface area contributed by atoms with Crippen molar-refractivity contribution >= 4 is 34.1 Å². The van der Waals surface area contributed by atoms with Gasteiger partial charge in [0, 0.05) is 4.90 Å². The van der Waals surface area contributed by atoms with Gasteiger partial charge in [-0.3, -0.25) is 4.55 Å². The number of nitrogens with zero attached hydrogens (tertiary/aromatic N) is 2. The van der Waals surface area contributed by atoms with Gasteiger partial charge in [-0.1, -0.05) is 17.7 Å². The van der Waals surface area contributed by atoms with Gasteiger partial charge in [0.05, 0.1) is 16.3 Å². The van der Waals surface area contributed by atoms with Crippen LogP contribution in [-0.4, -0.2) is 13.0 Å². The first-order valence-corrected chi connectivity index (χ1v) is 7.53. The molecule has 0 aliphatic rings. The highest BCUT2D eigenvalue weighted by Gasteiger charge is 2.11. The number of azo groups is 1. The molecule has 0 aliphatic heterocycles. The molecule has 0 aliphatic carbocycles. The Morgan fingerprint density at radius 3 is 2.20 bits per heavy atom. The van der Waals surface area contributed by atoms with Gasteiger partial charge in [0.25, 0.3) is 10.1 Å². The van der Waals surface area contributed by atoms with Crippen LogP contribution in [0.3, 0.4) is 0 Å².